The highest BCUT2D eigenvalue weighted by atomic mass is 35.5. The van der Waals surface area contributed by atoms with Gasteiger partial charge in [-0.25, -0.2) is 9.18 Å². The smallest absolute Gasteiger partial charge is 0.335 e. The number of amides is 2. The van der Waals surface area contributed by atoms with Crippen LogP contribution in [0.5, 0.6) is 5.75 Å². The molecule has 6 rings (SSSR count). The minimum atomic E-state index is -1.59. The first kappa shape index (κ1) is 32.5. The number of nitrogens with zero attached hydrogens (tertiary/aromatic N) is 2. The average molecular weight is 677 g/mol. The standard InChI is InChI=1S/C36H32Cl2FN3O5/c1-3-47-26-8-5-7-23(16-26)19-42-30-20-41(18-22-10-12-24(13-11-22)34(44)45)33(43)31(30)32(28(39)9-4-6-21(2)37)36(42)27-15-14-25(38)17-29(27)40-35(36)46/h4-17,30-32H,2-3,18-20H2,1H3,(H,40,46)(H,44,45)/b6-4-,28-9-/t30-,31+,32-,36-/m0/s1. The Morgan fingerprint density at radius 1 is 1.13 bits per heavy atom. The molecule has 0 saturated carbocycles. The second-order valence-corrected chi connectivity index (χ2v) is 12.7. The van der Waals surface area contributed by atoms with E-state index in [2.05, 4.69) is 11.9 Å². The van der Waals surface area contributed by atoms with Gasteiger partial charge < -0.3 is 20.1 Å². The summed E-state index contributed by atoms with van der Waals surface area (Å²) >= 11 is 12.2. The summed E-state index contributed by atoms with van der Waals surface area (Å²) in [5.74, 6) is -3.94. The second kappa shape index (κ2) is 13.0. The highest BCUT2D eigenvalue weighted by Crippen LogP contribution is 2.60. The SMILES string of the molecule is C=C(Cl)/C=C\C=C(/F)[C@H]1[C@@H]2C(=O)N(Cc3ccc(C(=O)O)cc3)C[C@@H]2N(Cc2cccc(OCC)c2)[C@]12C(=O)Nc1cc(Cl)ccc12. The zero-order valence-electron chi connectivity index (χ0n) is 25.5. The number of likely N-dealkylation sites (tertiary alicyclic amines) is 2. The number of ether oxygens (including phenoxy) is 1. The van der Waals surface area contributed by atoms with Crippen LogP contribution in [0.3, 0.4) is 0 Å². The first-order valence-corrected chi connectivity index (χ1v) is 15.9. The highest BCUT2D eigenvalue weighted by molar-refractivity contribution is 6.31. The van der Waals surface area contributed by atoms with Crippen LogP contribution in [0.2, 0.25) is 5.02 Å². The molecule has 0 aliphatic carbocycles. The fourth-order valence-electron chi connectivity index (χ4n) is 7.22. The second-order valence-electron chi connectivity index (χ2n) is 11.8. The number of anilines is 1. The molecule has 3 aromatic rings. The summed E-state index contributed by atoms with van der Waals surface area (Å²) in [6.07, 6.45) is 4.08. The first-order valence-electron chi connectivity index (χ1n) is 15.1. The molecule has 11 heteroatoms. The van der Waals surface area contributed by atoms with Crippen LogP contribution in [0, 0.1) is 11.8 Å². The Balaban J connectivity index is 1.49. The zero-order chi connectivity index (χ0) is 33.5. The largest absolute Gasteiger partial charge is 0.494 e. The maximum atomic E-state index is 16.8. The van der Waals surface area contributed by atoms with Crippen LogP contribution in [0.25, 0.3) is 0 Å². The number of halogens is 3. The molecule has 0 bridgehead atoms. The van der Waals surface area contributed by atoms with E-state index in [0.29, 0.717) is 28.6 Å². The molecule has 0 unspecified atom stereocenters. The van der Waals surface area contributed by atoms with Gasteiger partial charge in [-0.1, -0.05) is 66.2 Å². The summed E-state index contributed by atoms with van der Waals surface area (Å²) in [5, 5.41) is 12.8. The van der Waals surface area contributed by atoms with Crippen molar-refractivity contribution in [2.24, 2.45) is 11.8 Å². The number of fused-ring (bicyclic) bond motifs is 3. The van der Waals surface area contributed by atoms with Crippen molar-refractivity contribution in [2.75, 3.05) is 18.5 Å². The van der Waals surface area contributed by atoms with Crippen molar-refractivity contribution in [3.63, 3.8) is 0 Å². The lowest BCUT2D eigenvalue weighted by Gasteiger charge is -2.40. The highest BCUT2D eigenvalue weighted by Gasteiger charge is 2.71. The summed E-state index contributed by atoms with van der Waals surface area (Å²) in [7, 11) is 0. The topological polar surface area (TPSA) is 99.2 Å². The molecule has 2 N–H and O–H groups in total. The Labute approximate surface area is 281 Å². The minimum Gasteiger partial charge on any atom is -0.494 e. The van der Waals surface area contributed by atoms with Gasteiger partial charge in [0.1, 0.15) is 17.1 Å². The molecule has 3 heterocycles. The lowest BCUT2D eigenvalue weighted by Crippen LogP contribution is -2.54. The van der Waals surface area contributed by atoms with E-state index in [1.165, 1.54) is 30.4 Å². The quantitative estimate of drug-likeness (QED) is 0.227. The van der Waals surface area contributed by atoms with Gasteiger partial charge in [0.25, 0.3) is 0 Å². The van der Waals surface area contributed by atoms with E-state index in [0.717, 1.165) is 11.1 Å². The van der Waals surface area contributed by atoms with E-state index in [-0.39, 0.29) is 36.1 Å². The van der Waals surface area contributed by atoms with Gasteiger partial charge in [-0.3, -0.25) is 14.5 Å². The molecule has 4 atom stereocenters. The molecular formula is C36H32Cl2FN3O5. The Bertz CT molecular complexity index is 1830. The Kier molecular flexibility index (Phi) is 8.98. The number of aromatic carboxylic acids is 1. The van der Waals surface area contributed by atoms with E-state index in [1.807, 2.05) is 36.1 Å². The summed E-state index contributed by atoms with van der Waals surface area (Å²) in [6, 6.07) is 18.2. The van der Waals surface area contributed by atoms with Crippen molar-refractivity contribution in [3.05, 3.63) is 130 Å². The van der Waals surface area contributed by atoms with Crippen molar-refractivity contribution in [1.82, 2.24) is 9.80 Å². The molecule has 3 aromatic carbocycles. The molecule has 8 nitrogen and oxygen atoms in total. The Morgan fingerprint density at radius 3 is 2.60 bits per heavy atom. The van der Waals surface area contributed by atoms with Crippen LogP contribution in [-0.4, -0.2) is 51.9 Å². The van der Waals surface area contributed by atoms with Crippen LogP contribution < -0.4 is 10.1 Å². The summed E-state index contributed by atoms with van der Waals surface area (Å²) in [4.78, 5) is 43.8. The van der Waals surface area contributed by atoms with E-state index in [4.69, 9.17) is 27.9 Å². The molecule has 0 aromatic heterocycles. The molecule has 3 aliphatic rings. The van der Waals surface area contributed by atoms with Crippen molar-refractivity contribution in [1.29, 1.82) is 0 Å². The predicted octanol–water partition coefficient (Wildman–Crippen LogP) is 6.91. The number of carbonyl (C=O) groups is 3. The first-order chi connectivity index (χ1) is 22.5. The Hall–Kier alpha value is -4.44. The predicted molar refractivity (Wildman–Crippen MR) is 178 cm³/mol. The lowest BCUT2D eigenvalue weighted by atomic mass is 9.74. The van der Waals surface area contributed by atoms with Gasteiger partial charge in [0.2, 0.25) is 11.8 Å². The van der Waals surface area contributed by atoms with E-state index >= 15 is 4.39 Å². The van der Waals surface area contributed by atoms with Crippen LogP contribution in [0.15, 0.2) is 102 Å². The van der Waals surface area contributed by atoms with E-state index in [1.54, 1.807) is 35.2 Å². The maximum Gasteiger partial charge on any atom is 0.335 e. The molecule has 2 amide bonds. The number of benzene rings is 3. The zero-order valence-corrected chi connectivity index (χ0v) is 27.0. The van der Waals surface area contributed by atoms with Crippen molar-refractivity contribution < 1.29 is 28.6 Å². The minimum absolute atomic E-state index is 0.131. The molecule has 1 spiro atoms. The number of hydrogen-bond acceptors (Lipinski definition) is 5. The van der Waals surface area contributed by atoms with E-state index < -0.39 is 41.1 Å². The Morgan fingerprint density at radius 2 is 1.89 bits per heavy atom. The summed E-state index contributed by atoms with van der Waals surface area (Å²) < 4.78 is 22.6. The molecule has 2 saturated heterocycles. The molecule has 3 aliphatic heterocycles. The number of allylic oxidation sites excluding steroid dienone is 4. The van der Waals surface area contributed by atoms with Gasteiger partial charge in [-0.05, 0) is 66.6 Å². The lowest BCUT2D eigenvalue weighted by molar-refractivity contribution is -0.135. The molecule has 47 heavy (non-hydrogen) atoms. The van der Waals surface area contributed by atoms with E-state index in [9.17, 15) is 19.5 Å². The van der Waals surface area contributed by atoms with Gasteiger partial charge in [0, 0.05) is 47.0 Å². The van der Waals surface area contributed by atoms with Crippen LogP contribution in [0.4, 0.5) is 10.1 Å². The molecule has 0 radical (unpaired) electrons. The third-order valence-corrected chi connectivity index (χ3v) is 9.40. The van der Waals surface area contributed by atoms with Crippen molar-refractivity contribution >= 4 is 46.7 Å². The molecule has 242 valence electrons. The van der Waals surface area contributed by atoms with Gasteiger partial charge in [0.15, 0.2) is 0 Å². The number of carbonyl (C=O) groups excluding carboxylic acids is 2. The van der Waals surface area contributed by atoms with Crippen molar-refractivity contribution in [2.45, 2.75) is 31.6 Å². The number of nitrogens with one attached hydrogen (secondary N) is 1. The number of hydrogen-bond donors (Lipinski definition) is 2. The summed E-state index contributed by atoms with van der Waals surface area (Å²) in [6.45, 7) is 6.59. The van der Waals surface area contributed by atoms with Crippen molar-refractivity contribution in [3.8, 4) is 5.75 Å². The van der Waals surface area contributed by atoms with Gasteiger partial charge >= 0.3 is 5.97 Å². The third-order valence-electron chi connectivity index (χ3n) is 9.03. The van der Waals surface area contributed by atoms with Crippen LogP contribution >= 0.6 is 23.2 Å². The summed E-state index contributed by atoms with van der Waals surface area (Å²) in [5.41, 5.74) is 1.08. The normalized spacial score (nSPS) is 23.8. The molecular weight excluding hydrogens is 644 g/mol. The average Bonchev–Trinajstić information content (AvgIpc) is 3.60. The fourth-order valence-corrected chi connectivity index (χ4v) is 7.47. The monoisotopic (exact) mass is 675 g/mol. The van der Waals surface area contributed by atoms with Gasteiger partial charge in [-0.2, -0.15) is 0 Å². The maximum absolute atomic E-state index is 16.8. The van der Waals surface area contributed by atoms with Crippen LogP contribution in [-0.2, 0) is 28.2 Å². The van der Waals surface area contributed by atoms with Gasteiger partial charge in [-0.15, -0.1) is 0 Å². The molecule has 2 fully saturated rings. The number of carboxylic acids is 1. The van der Waals surface area contributed by atoms with Gasteiger partial charge in [0.05, 0.1) is 24.0 Å². The number of carboxylic acid groups (broad SMARTS) is 1. The van der Waals surface area contributed by atoms with Crippen LogP contribution in [0.1, 0.15) is 34.0 Å². The third kappa shape index (κ3) is 5.84. The fraction of sp³-hybridized carbons (Fsp3) is 0.250. The number of rotatable bonds is 10.